The Hall–Kier alpha value is -2.21. The summed E-state index contributed by atoms with van der Waals surface area (Å²) in [6.45, 7) is 4.45. The maximum Gasteiger partial charge on any atom is 0.251 e. The van der Waals surface area contributed by atoms with E-state index < -0.39 is 0 Å². The monoisotopic (exact) mass is 320 g/mol. The first kappa shape index (κ1) is 16.2. The number of nitrogens with one attached hydrogen (secondary N) is 2. The van der Waals surface area contributed by atoms with Crippen molar-refractivity contribution in [3.63, 3.8) is 0 Å². The van der Waals surface area contributed by atoms with Crippen molar-refractivity contribution in [1.82, 2.24) is 20.6 Å². The van der Waals surface area contributed by atoms with Crippen LogP contribution in [0.3, 0.4) is 0 Å². The smallest absolute Gasteiger partial charge is 0.251 e. The van der Waals surface area contributed by atoms with Gasteiger partial charge in [0.1, 0.15) is 5.88 Å². The Morgan fingerprint density at radius 1 is 1.05 bits per heavy atom. The Labute approximate surface area is 133 Å². The molecule has 0 fully saturated rings. The Bertz CT molecular complexity index is 718. The van der Waals surface area contributed by atoms with E-state index in [9.17, 15) is 9.59 Å². The molecule has 1 aromatic heterocycles. The van der Waals surface area contributed by atoms with Crippen molar-refractivity contribution < 1.29 is 9.59 Å². The van der Waals surface area contributed by atoms with Gasteiger partial charge in [0.2, 0.25) is 5.91 Å². The van der Waals surface area contributed by atoms with E-state index in [1.165, 1.54) is 0 Å². The molecule has 0 bridgehead atoms. The second kappa shape index (κ2) is 7.17. The number of benzene rings is 1. The minimum absolute atomic E-state index is 0.0872. The zero-order valence-electron chi connectivity index (χ0n) is 12.4. The highest BCUT2D eigenvalue weighted by Gasteiger charge is 2.08. The number of aromatic nitrogens is 2. The van der Waals surface area contributed by atoms with Crippen molar-refractivity contribution in [2.75, 3.05) is 19.0 Å². The van der Waals surface area contributed by atoms with E-state index in [0.717, 1.165) is 16.9 Å². The van der Waals surface area contributed by atoms with E-state index in [1.54, 1.807) is 18.2 Å². The van der Waals surface area contributed by atoms with Gasteiger partial charge in [-0.3, -0.25) is 9.59 Å². The normalized spacial score (nSPS) is 10.5. The van der Waals surface area contributed by atoms with Crippen LogP contribution in [0.25, 0.3) is 11.0 Å². The zero-order valence-corrected chi connectivity index (χ0v) is 13.2. The molecule has 0 aliphatic carbocycles. The Kier molecular flexibility index (Phi) is 5.27. The summed E-state index contributed by atoms with van der Waals surface area (Å²) in [5, 5.41) is 5.30. The Balaban J connectivity index is 2.02. The van der Waals surface area contributed by atoms with Gasteiger partial charge >= 0.3 is 0 Å². The summed E-state index contributed by atoms with van der Waals surface area (Å²) in [5.74, 6) is -0.569. The zero-order chi connectivity index (χ0) is 16.1. The number of aryl methyl sites for hydroxylation is 2. The van der Waals surface area contributed by atoms with Crippen molar-refractivity contribution >= 4 is 34.4 Å². The molecule has 0 aliphatic rings. The van der Waals surface area contributed by atoms with Gasteiger partial charge in [-0.25, -0.2) is 9.97 Å². The van der Waals surface area contributed by atoms with Crippen LogP contribution in [0.1, 0.15) is 21.7 Å². The van der Waals surface area contributed by atoms with Gasteiger partial charge in [-0.05, 0) is 32.0 Å². The SMILES string of the molecule is Cc1nc2ccc(C(=O)NCCNC(=O)CCl)cc2nc1C. The lowest BCUT2D eigenvalue weighted by molar-refractivity contribution is -0.118. The van der Waals surface area contributed by atoms with E-state index in [4.69, 9.17) is 11.6 Å². The lowest BCUT2D eigenvalue weighted by atomic mass is 10.1. The third kappa shape index (κ3) is 3.92. The van der Waals surface area contributed by atoms with Crippen LogP contribution < -0.4 is 10.6 Å². The van der Waals surface area contributed by atoms with Crippen LogP contribution in [0.15, 0.2) is 18.2 Å². The molecule has 1 heterocycles. The highest BCUT2D eigenvalue weighted by Crippen LogP contribution is 2.14. The Morgan fingerprint density at radius 3 is 2.36 bits per heavy atom. The molecule has 0 saturated carbocycles. The maximum atomic E-state index is 12.1. The van der Waals surface area contributed by atoms with Gasteiger partial charge in [0, 0.05) is 18.7 Å². The molecule has 0 radical (unpaired) electrons. The predicted octanol–water partition coefficient (Wildman–Crippen LogP) is 1.33. The molecule has 6 nitrogen and oxygen atoms in total. The summed E-state index contributed by atoms with van der Waals surface area (Å²) in [4.78, 5) is 31.9. The molecule has 116 valence electrons. The van der Waals surface area contributed by atoms with Gasteiger partial charge in [-0.1, -0.05) is 0 Å². The summed E-state index contributed by atoms with van der Waals surface area (Å²) in [6, 6.07) is 5.19. The summed E-state index contributed by atoms with van der Waals surface area (Å²) >= 11 is 5.36. The number of rotatable bonds is 5. The number of hydrogen-bond donors (Lipinski definition) is 2. The van der Waals surface area contributed by atoms with Gasteiger partial charge in [-0.15, -0.1) is 11.6 Å². The van der Waals surface area contributed by atoms with Crippen molar-refractivity contribution in [3.05, 3.63) is 35.2 Å². The summed E-state index contributed by atoms with van der Waals surface area (Å²) in [7, 11) is 0. The summed E-state index contributed by atoms with van der Waals surface area (Å²) in [6.07, 6.45) is 0. The Morgan fingerprint density at radius 2 is 1.68 bits per heavy atom. The van der Waals surface area contributed by atoms with Crippen LogP contribution in [0.2, 0.25) is 0 Å². The van der Waals surface area contributed by atoms with E-state index >= 15 is 0 Å². The highest BCUT2D eigenvalue weighted by atomic mass is 35.5. The third-order valence-corrected chi connectivity index (χ3v) is 3.43. The molecule has 0 unspecified atom stereocenters. The van der Waals surface area contributed by atoms with Crippen molar-refractivity contribution in [2.24, 2.45) is 0 Å². The molecule has 7 heteroatoms. The van der Waals surface area contributed by atoms with Gasteiger partial charge in [-0.2, -0.15) is 0 Å². The molecular formula is C15H17ClN4O2. The van der Waals surface area contributed by atoms with E-state index in [0.29, 0.717) is 24.2 Å². The number of amides is 2. The largest absolute Gasteiger partial charge is 0.353 e. The molecule has 0 aliphatic heterocycles. The molecule has 22 heavy (non-hydrogen) atoms. The fraction of sp³-hybridized carbons (Fsp3) is 0.333. The second-order valence-corrected chi connectivity index (χ2v) is 5.10. The standard InChI is InChI=1S/C15H17ClN4O2/c1-9-10(2)20-13-7-11(3-4-12(13)19-9)15(22)18-6-5-17-14(21)8-16/h3-4,7H,5-6,8H2,1-2H3,(H,17,21)(H,18,22). The quantitative estimate of drug-likeness (QED) is 0.643. The number of nitrogens with zero attached hydrogens (tertiary/aromatic N) is 2. The lowest BCUT2D eigenvalue weighted by Gasteiger charge is -2.07. The number of carbonyl (C=O) groups excluding carboxylic acids is 2. The van der Waals surface area contributed by atoms with Crippen LogP contribution in [0, 0.1) is 13.8 Å². The first-order valence-electron chi connectivity index (χ1n) is 6.87. The van der Waals surface area contributed by atoms with Gasteiger partial charge in [0.05, 0.1) is 22.4 Å². The predicted molar refractivity (Wildman–Crippen MR) is 85.1 cm³/mol. The summed E-state index contributed by atoms with van der Waals surface area (Å²) in [5.41, 5.74) is 3.67. The molecular weight excluding hydrogens is 304 g/mol. The fourth-order valence-corrected chi connectivity index (χ4v) is 1.99. The van der Waals surface area contributed by atoms with Crippen LogP contribution in [0.5, 0.6) is 0 Å². The summed E-state index contributed by atoms with van der Waals surface area (Å²) < 4.78 is 0. The second-order valence-electron chi connectivity index (χ2n) is 4.84. The number of carbonyl (C=O) groups is 2. The topological polar surface area (TPSA) is 84.0 Å². The average Bonchev–Trinajstić information content (AvgIpc) is 2.51. The van der Waals surface area contributed by atoms with Crippen LogP contribution >= 0.6 is 11.6 Å². The minimum Gasteiger partial charge on any atom is -0.353 e. The number of hydrogen-bond acceptors (Lipinski definition) is 4. The molecule has 2 amide bonds. The first-order chi connectivity index (χ1) is 10.5. The number of alkyl halides is 1. The maximum absolute atomic E-state index is 12.1. The van der Waals surface area contributed by atoms with Crippen molar-refractivity contribution in [3.8, 4) is 0 Å². The van der Waals surface area contributed by atoms with Gasteiger partial charge < -0.3 is 10.6 Å². The molecule has 2 N–H and O–H groups in total. The molecule has 2 rings (SSSR count). The third-order valence-electron chi connectivity index (χ3n) is 3.19. The van der Waals surface area contributed by atoms with Crippen LogP contribution in [0.4, 0.5) is 0 Å². The fourth-order valence-electron chi connectivity index (χ4n) is 1.90. The van der Waals surface area contributed by atoms with Crippen LogP contribution in [-0.4, -0.2) is 40.8 Å². The van der Waals surface area contributed by atoms with Crippen molar-refractivity contribution in [1.29, 1.82) is 0 Å². The van der Waals surface area contributed by atoms with E-state index in [2.05, 4.69) is 20.6 Å². The average molecular weight is 321 g/mol. The molecule has 1 aromatic carbocycles. The van der Waals surface area contributed by atoms with E-state index in [-0.39, 0.29) is 17.7 Å². The molecule has 2 aromatic rings. The minimum atomic E-state index is -0.261. The molecule has 0 atom stereocenters. The first-order valence-corrected chi connectivity index (χ1v) is 7.40. The van der Waals surface area contributed by atoms with E-state index in [1.807, 2.05) is 13.8 Å². The number of halogens is 1. The van der Waals surface area contributed by atoms with Gasteiger partial charge in [0.15, 0.2) is 0 Å². The lowest BCUT2D eigenvalue weighted by Crippen LogP contribution is -2.35. The number of fused-ring (bicyclic) bond motifs is 1. The molecule has 0 spiro atoms. The molecule has 0 saturated heterocycles. The van der Waals surface area contributed by atoms with Crippen LogP contribution in [-0.2, 0) is 4.79 Å². The van der Waals surface area contributed by atoms with Gasteiger partial charge in [0.25, 0.3) is 5.91 Å². The highest BCUT2D eigenvalue weighted by molar-refractivity contribution is 6.27. The van der Waals surface area contributed by atoms with Crippen molar-refractivity contribution in [2.45, 2.75) is 13.8 Å².